The maximum absolute atomic E-state index is 3.72. The highest BCUT2D eigenvalue weighted by atomic mass is 15.0. The topological polar surface area (TPSA) is 12.0 Å². The van der Waals surface area contributed by atoms with Crippen molar-refractivity contribution >= 4 is 0 Å². The summed E-state index contributed by atoms with van der Waals surface area (Å²) in [6.45, 7) is 5.70. The van der Waals surface area contributed by atoms with Crippen molar-refractivity contribution in [3.63, 3.8) is 0 Å². The molecule has 1 saturated heterocycles. The van der Waals surface area contributed by atoms with Gasteiger partial charge in [-0.15, -0.1) is 0 Å². The Morgan fingerprint density at radius 1 is 1.12 bits per heavy atom. The van der Waals surface area contributed by atoms with Crippen LogP contribution in [0, 0.1) is 6.92 Å². The van der Waals surface area contributed by atoms with Gasteiger partial charge in [-0.1, -0.05) is 42.7 Å². The van der Waals surface area contributed by atoms with Crippen LogP contribution in [-0.4, -0.2) is 12.1 Å². The molecule has 1 fully saturated rings. The van der Waals surface area contributed by atoms with Gasteiger partial charge in [0, 0.05) is 5.54 Å². The molecule has 1 aliphatic heterocycles. The predicted molar refractivity (Wildman–Crippen MR) is 69.8 cm³/mol. The van der Waals surface area contributed by atoms with Gasteiger partial charge in [0.1, 0.15) is 0 Å². The van der Waals surface area contributed by atoms with Gasteiger partial charge in [-0.25, -0.2) is 0 Å². The average Bonchev–Trinajstić information content (AvgIpc) is 2.47. The minimum absolute atomic E-state index is 0.311. The van der Waals surface area contributed by atoms with E-state index in [2.05, 4.69) is 43.4 Å². The molecular weight excluding hydrogens is 194 g/mol. The van der Waals surface area contributed by atoms with Crippen LogP contribution in [0.5, 0.6) is 0 Å². The highest BCUT2D eigenvalue weighted by molar-refractivity contribution is 5.23. The predicted octanol–water partition coefficient (Wildman–Crippen LogP) is 3.46. The Morgan fingerprint density at radius 3 is 2.62 bits per heavy atom. The van der Waals surface area contributed by atoms with Gasteiger partial charge in [-0.05, 0) is 45.2 Å². The first-order valence-corrected chi connectivity index (χ1v) is 6.49. The Bertz CT molecular complexity index is 318. The van der Waals surface area contributed by atoms with E-state index >= 15 is 0 Å². The van der Waals surface area contributed by atoms with Crippen molar-refractivity contribution < 1.29 is 0 Å². The summed E-state index contributed by atoms with van der Waals surface area (Å²) in [5.74, 6) is 0. The monoisotopic (exact) mass is 217 g/mol. The summed E-state index contributed by atoms with van der Waals surface area (Å²) < 4.78 is 0. The number of nitrogens with one attached hydrogen (secondary N) is 1. The van der Waals surface area contributed by atoms with Crippen molar-refractivity contribution in [2.45, 2.75) is 51.5 Å². The van der Waals surface area contributed by atoms with Crippen LogP contribution in [-0.2, 0) is 6.42 Å². The zero-order valence-corrected chi connectivity index (χ0v) is 10.6. The summed E-state index contributed by atoms with van der Waals surface area (Å²) >= 11 is 0. The van der Waals surface area contributed by atoms with E-state index in [4.69, 9.17) is 0 Å². The Morgan fingerprint density at radius 2 is 1.88 bits per heavy atom. The molecule has 0 amide bonds. The second kappa shape index (κ2) is 5.01. The summed E-state index contributed by atoms with van der Waals surface area (Å²) in [4.78, 5) is 0. The van der Waals surface area contributed by atoms with Gasteiger partial charge in [0.25, 0.3) is 0 Å². The first-order valence-electron chi connectivity index (χ1n) is 6.49. The van der Waals surface area contributed by atoms with E-state index in [-0.39, 0.29) is 0 Å². The highest BCUT2D eigenvalue weighted by Crippen LogP contribution is 2.23. The third-order valence-corrected chi connectivity index (χ3v) is 3.67. The first kappa shape index (κ1) is 11.7. The number of hydrogen-bond acceptors (Lipinski definition) is 1. The van der Waals surface area contributed by atoms with Crippen LogP contribution in [0.4, 0.5) is 0 Å². The van der Waals surface area contributed by atoms with E-state index in [9.17, 15) is 0 Å². The number of benzene rings is 1. The van der Waals surface area contributed by atoms with E-state index in [0.29, 0.717) is 5.54 Å². The van der Waals surface area contributed by atoms with Crippen LogP contribution in [0.3, 0.4) is 0 Å². The van der Waals surface area contributed by atoms with E-state index in [0.717, 1.165) is 6.42 Å². The van der Waals surface area contributed by atoms with Crippen molar-refractivity contribution in [3.05, 3.63) is 35.4 Å². The number of hydrogen-bond donors (Lipinski definition) is 1. The van der Waals surface area contributed by atoms with Gasteiger partial charge in [0.05, 0.1) is 0 Å². The molecule has 1 heterocycles. The maximum Gasteiger partial charge on any atom is 0.0193 e. The fourth-order valence-electron chi connectivity index (χ4n) is 2.60. The van der Waals surface area contributed by atoms with Crippen LogP contribution < -0.4 is 5.32 Å². The van der Waals surface area contributed by atoms with Crippen molar-refractivity contribution in [1.29, 1.82) is 0 Å². The summed E-state index contributed by atoms with van der Waals surface area (Å²) in [7, 11) is 0. The van der Waals surface area contributed by atoms with E-state index in [1.807, 2.05) is 0 Å². The molecule has 1 N–H and O–H groups in total. The van der Waals surface area contributed by atoms with Crippen molar-refractivity contribution in [2.75, 3.05) is 6.54 Å². The van der Waals surface area contributed by atoms with Gasteiger partial charge in [0.2, 0.25) is 0 Å². The molecule has 0 spiro atoms. The fourth-order valence-corrected chi connectivity index (χ4v) is 2.60. The van der Waals surface area contributed by atoms with Crippen LogP contribution in [0.2, 0.25) is 0 Å². The number of rotatable bonds is 2. The smallest absolute Gasteiger partial charge is 0.0193 e. The normalized spacial score (nSPS) is 26.4. The highest BCUT2D eigenvalue weighted by Gasteiger charge is 2.24. The minimum atomic E-state index is 0.311. The second-order valence-electron chi connectivity index (χ2n) is 5.46. The molecule has 0 aliphatic carbocycles. The molecular formula is C15H23N. The fraction of sp³-hybridized carbons (Fsp3) is 0.600. The molecule has 1 heteroatoms. The van der Waals surface area contributed by atoms with Crippen molar-refractivity contribution in [2.24, 2.45) is 0 Å². The Labute approximate surface area is 99.3 Å². The minimum Gasteiger partial charge on any atom is -0.311 e. The van der Waals surface area contributed by atoms with Crippen LogP contribution >= 0.6 is 0 Å². The van der Waals surface area contributed by atoms with Gasteiger partial charge in [0.15, 0.2) is 0 Å². The number of aryl methyl sites for hydroxylation is 1. The Balaban J connectivity index is 2.04. The standard InChI is InChI=1S/C15H23N/c1-13-6-8-14(9-7-13)12-15(2)10-4-3-5-11-16-15/h6-9,16H,3-5,10-12H2,1-2H3. The Kier molecular flexibility index (Phi) is 3.65. The van der Waals surface area contributed by atoms with Gasteiger partial charge in [-0.3, -0.25) is 0 Å². The molecule has 0 radical (unpaired) electrons. The molecule has 0 bridgehead atoms. The zero-order valence-electron chi connectivity index (χ0n) is 10.6. The lowest BCUT2D eigenvalue weighted by Gasteiger charge is -2.29. The summed E-state index contributed by atoms with van der Waals surface area (Å²) in [6, 6.07) is 8.98. The summed E-state index contributed by atoms with van der Waals surface area (Å²) in [6.07, 6.45) is 6.56. The molecule has 16 heavy (non-hydrogen) atoms. The maximum atomic E-state index is 3.72. The quantitative estimate of drug-likeness (QED) is 0.800. The molecule has 1 atom stereocenters. The lowest BCUT2D eigenvalue weighted by Crippen LogP contribution is -2.43. The van der Waals surface area contributed by atoms with Gasteiger partial charge >= 0.3 is 0 Å². The van der Waals surface area contributed by atoms with Crippen LogP contribution in [0.1, 0.15) is 43.7 Å². The van der Waals surface area contributed by atoms with Crippen LogP contribution in [0.25, 0.3) is 0 Å². The molecule has 0 aromatic heterocycles. The SMILES string of the molecule is Cc1ccc(CC2(C)CCCCCN2)cc1. The summed E-state index contributed by atoms with van der Waals surface area (Å²) in [5, 5.41) is 3.72. The van der Waals surface area contributed by atoms with Crippen LogP contribution in [0.15, 0.2) is 24.3 Å². The largest absolute Gasteiger partial charge is 0.311 e. The molecule has 1 nitrogen and oxygen atoms in total. The van der Waals surface area contributed by atoms with Crippen molar-refractivity contribution in [1.82, 2.24) is 5.32 Å². The Hall–Kier alpha value is -0.820. The van der Waals surface area contributed by atoms with E-state index in [1.54, 1.807) is 0 Å². The van der Waals surface area contributed by atoms with Gasteiger partial charge < -0.3 is 5.32 Å². The molecule has 1 aliphatic rings. The zero-order chi connectivity index (χ0) is 11.4. The van der Waals surface area contributed by atoms with Crippen molar-refractivity contribution in [3.8, 4) is 0 Å². The van der Waals surface area contributed by atoms with Gasteiger partial charge in [-0.2, -0.15) is 0 Å². The lowest BCUT2D eigenvalue weighted by molar-refractivity contribution is 0.345. The van der Waals surface area contributed by atoms with E-state index < -0.39 is 0 Å². The molecule has 1 aromatic carbocycles. The molecule has 1 unspecified atom stereocenters. The molecule has 2 rings (SSSR count). The molecule has 1 aromatic rings. The van der Waals surface area contributed by atoms with E-state index in [1.165, 1.54) is 43.4 Å². The third-order valence-electron chi connectivity index (χ3n) is 3.67. The summed E-state index contributed by atoms with van der Waals surface area (Å²) in [5.41, 5.74) is 3.12. The lowest BCUT2D eigenvalue weighted by atomic mass is 9.88. The molecule has 88 valence electrons. The first-order chi connectivity index (χ1) is 7.68. The average molecular weight is 217 g/mol. The molecule has 0 saturated carbocycles. The second-order valence-corrected chi connectivity index (χ2v) is 5.46. The third kappa shape index (κ3) is 3.08.